The van der Waals surface area contributed by atoms with Crippen molar-refractivity contribution >= 4 is 11.3 Å². The molecule has 0 saturated carbocycles. The van der Waals surface area contributed by atoms with Crippen LogP contribution in [-0.4, -0.2) is 19.7 Å². The first-order valence-electron chi connectivity index (χ1n) is 6.05. The van der Waals surface area contributed by atoms with Gasteiger partial charge < -0.3 is 10.1 Å². The Kier molecular flexibility index (Phi) is 5.30. The fraction of sp³-hybridized carbons (Fsp3) is 0.286. The molecule has 2 aromatic rings. The van der Waals surface area contributed by atoms with Gasteiger partial charge in [0.2, 0.25) is 0 Å². The number of hydrogen-bond donors (Lipinski definition) is 1. The molecular weight excluding hydrogens is 268 g/mol. The second kappa shape index (κ2) is 7.21. The molecule has 19 heavy (non-hydrogen) atoms. The van der Waals surface area contributed by atoms with Gasteiger partial charge in [0.25, 0.3) is 0 Å². The maximum atomic E-state index is 13.2. The van der Waals surface area contributed by atoms with Gasteiger partial charge in [0.1, 0.15) is 12.4 Å². The quantitative estimate of drug-likeness (QED) is 0.788. The minimum absolute atomic E-state index is 0.0420. The first-order chi connectivity index (χ1) is 9.25. The zero-order valence-electron chi connectivity index (χ0n) is 10.4. The summed E-state index contributed by atoms with van der Waals surface area (Å²) in [6.45, 7) is 1.75. The Balaban J connectivity index is 1.62. The number of benzene rings is 1. The lowest BCUT2D eigenvalue weighted by Gasteiger charge is -2.08. The van der Waals surface area contributed by atoms with Crippen LogP contribution in [0, 0.1) is 11.6 Å². The summed E-state index contributed by atoms with van der Waals surface area (Å²) >= 11 is 1.68. The number of hydrogen-bond acceptors (Lipinski definition) is 3. The second-order valence-electron chi connectivity index (χ2n) is 4.05. The normalized spacial score (nSPS) is 10.6. The van der Waals surface area contributed by atoms with Gasteiger partial charge in [0.15, 0.2) is 11.6 Å². The van der Waals surface area contributed by atoms with Gasteiger partial charge >= 0.3 is 0 Å². The molecule has 2 rings (SSSR count). The van der Waals surface area contributed by atoms with Crippen molar-refractivity contribution in [1.29, 1.82) is 0 Å². The highest BCUT2D eigenvalue weighted by atomic mass is 32.1. The van der Waals surface area contributed by atoms with Gasteiger partial charge in [-0.2, -0.15) is 11.3 Å². The lowest BCUT2D eigenvalue weighted by molar-refractivity contribution is 0.297. The third-order valence-electron chi connectivity index (χ3n) is 2.60. The molecule has 0 amide bonds. The predicted octanol–water partition coefficient (Wildman–Crippen LogP) is 3.24. The van der Waals surface area contributed by atoms with Crippen molar-refractivity contribution in [3.63, 3.8) is 0 Å². The molecule has 2 nitrogen and oxygen atoms in total. The van der Waals surface area contributed by atoms with Gasteiger partial charge in [0.05, 0.1) is 0 Å². The highest BCUT2D eigenvalue weighted by Crippen LogP contribution is 2.17. The summed E-state index contributed by atoms with van der Waals surface area (Å²) < 4.78 is 31.3. The third kappa shape index (κ3) is 4.61. The topological polar surface area (TPSA) is 21.3 Å². The summed E-state index contributed by atoms with van der Waals surface area (Å²) in [5.74, 6) is -1.08. The minimum Gasteiger partial charge on any atom is -0.489 e. The maximum absolute atomic E-state index is 13.2. The summed E-state index contributed by atoms with van der Waals surface area (Å²) in [6, 6.07) is 5.28. The van der Waals surface area contributed by atoms with E-state index in [-0.39, 0.29) is 5.75 Å². The van der Waals surface area contributed by atoms with Gasteiger partial charge in [-0.25, -0.2) is 8.78 Å². The third-order valence-corrected chi connectivity index (χ3v) is 3.33. The van der Waals surface area contributed by atoms with Crippen LogP contribution in [-0.2, 0) is 6.42 Å². The number of halogens is 2. The van der Waals surface area contributed by atoms with Crippen molar-refractivity contribution < 1.29 is 13.5 Å². The summed E-state index contributed by atoms with van der Waals surface area (Å²) in [4.78, 5) is 0. The van der Waals surface area contributed by atoms with Crippen molar-refractivity contribution in [2.75, 3.05) is 19.7 Å². The summed E-state index contributed by atoms with van der Waals surface area (Å²) in [7, 11) is 0. The summed E-state index contributed by atoms with van der Waals surface area (Å²) in [6.07, 6.45) is 0.956. The van der Waals surface area contributed by atoms with Crippen LogP contribution < -0.4 is 10.1 Å². The van der Waals surface area contributed by atoms with E-state index in [0.29, 0.717) is 13.2 Å². The zero-order valence-corrected chi connectivity index (χ0v) is 11.2. The van der Waals surface area contributed by atoms with Gasteiger partial charge in [-0.05, 0) is 47.5 Å². The van der Waals surface area contributed by atoms with E-state index in [4.69, 9.17) is 4.74 Å². The molecular formula is C14H15F2NOS. The molecule has 0 aliphatic heterocycles. The molecule has 0 saturated heterocycles. The molecule has 102 valence electrons. The van der Waals surface area contributed by atoms with Crippen molar-refractivity contribution in [3.05, 3.63) is 52.2 Å². The number of rotatable bonds is 7. The van der Waals surface area contributed by atoms with E-state index in [1.54, 1.807) is 11.3 Å². The van der Waals surface area contributed by atoms with E-state index in [2.05, 4.69) is 16.8 Å². The molecule has 1 aromatic heterocycles. The molecule has 1 heterocycles. The Hall–Kier alpha value is -1.46. The highest BCUT2D eigenvalue weighted by Gasteiger charge is 2.04. The predicted molar refractivity (Wildman–Crippen MR) is 72.7 cm³/mol. The average molecular weight is 283 g/mol. The van der Waals surface area contributed by atoms with Crippen molar-refractivity contribution in [3.8, 4) is 5.75 Å². The lowest BCUT2D eigenvalue weighted by Crippen LogP contribution is -2.23. The molecule has 1 aromatic carbocycles. The van der Waals surface area contributed by atoms with E-state index >= 15 is 0 Å². The SMILES string of the molecule is Fc1ccc(F)c(OCCNCCc2ccsc2)c1. The zero-order chi connectivity index (χ0) is 13.5. The fourth-order valence-corrected chi connectivity index (χ4v) is 2.32. The van der Waals surface area contributed by atoms with Gasteiger partial charge in [-0.1, -0.05) is 0 Å². The van der Waals surface area contributed by atoms with Crippen molar-refractivity contribution in [1.82, 2.24) is 5.32 Å². The van der Waals surface area contributed by atoms with Crippen LogP contribution in [0.4, 0.5) is 8.78 Å². The van der Waals surface area contributed by atoms with Crippen LogP contribution in [0.15, 0.2) is 35.0 Å². The van der Waals surface area contributed by atoms with E-state index in [9.17, 15) is 8.78 Å². The smallest absolute Gasteiger partial charge is 0.165 e. The fourth-order valence-electron chi connectivity index (χ4n) is 1.61. The molecule has 0 radical (unpaired) electrons. The minimum atomic E-state index is -0.542. The molecule has 0 fully saturated rings. The molecule has 0 bridgehead atoms. The monoisotopic (exact) mass is 283 g/mol. The standard InChI is InChI=1S/C14H15F2NOS/c15-12-1-2-13(16)14(9-12)18-7-6-17-5-3-11-4-8-19-10-11/h1-2,4,8-10,17H,3,5-7H2. The molecule has 1 N–H and O–H groups in total. The van der Waals surface area contributed by atoms with E-state index in [1.807, 2.05) is 5.38 Å². The van der Waals surface area contributed by atoms with Crippen LogP contribution in [0.5, 0.6) is 5.75 Å². The Labute approximate surface area is 115 Å². The molecule has 0 spiro atoms. The number of ether oxygens (including phenoxy) is 1. The van der Waals surface area contributed by atoms with Crippen LogP contribution >= 0.6 is 11.3 Å². The Bertz CT molecular complexity index is 502. The molecule has 0 aliphatic carbocycles. The van der Waals surface area contributed by atoms with E-state index in [0.717, 1.165) is 31.2 Å². The Morgan fingerprint density at radius 1 is 1.16 bits per heavy atom. The van der Waals surface area contributed by atoms with Crippen LogP contribution in [0.2, 0.25) is 0 Å². The highest BCUT2D eigenvalue weighted by molar-refractivity contribution is 7.07. The van der Waals surface area contributed by atoms with E-state index < -0.39 is 11.6 Å². The molecule has 0 atom stereocenters. The van der Waals surface area contributed by atoms with E-state index in [1.165, 1.54) is 5.56 Å². The van der Waals surface area contributed by atoms with Crippen LogP contribution in [0.25, 0.3) is 0 Å². The summed E-state index contributed by atoms with van der Waals surface area (Å²) in [5.41, 5.74) is 1.30. The Morgan fingerprint density at radius 2 is 2.05 bits per heavy atom. The lowest BCUT2D eigenvalue weighted by atomic mass is 10.2. The Morgan fingerprint density at radius 3 is 2.84 bits per heavy atom. The van der Waals surface area contributed by atoms with Gasteiger partial charge in [-0.15, -0.1) is 0 Å². The molecule has 0 unspecified atom stereocenters. The molecule has 0 aliphatic rings. The largest absolute Gasteiger partial charge is 0.489 e. The first kappa shape index (κ1) is 14.0. The number of nitrogens with one attached hydrogen (secondary N) is 1. The van der Waals surface area contributed by atoms with Crippen LogP contribution in [0.1, 0.15) is 5.56 Å². The average Bonchev–Trinajstić information content (AvgIpc) is 2.90. The van der Waals surface area contributed by atoms with Gasteiger partial charge in [-0.3, -0.25) is 0 Å². The van der Waals surface area contributed by atoms with Crippen LogP contribution in [0.3, 0.4) is 0 Å². The maximum Gasteiger partial charge on any atom is 0.165 e. The number of thiophene rings is 1. The van der Waals surface area contributed by atoms with Gasteiger partial charge in [0, 0.05) is 12.6 Å². The van der Waals surface area contributed by atoms with Crippen molar-refractivity contribution in [2.45, 2.75) is 6.42 Å². The molecule has 5 heteroatoms. The summed E-state index contributed by atoms with van der Waals surface area (Å²) in [5, 5.41) is 7.35. The van der Waals surface area contributed by atoms with Crippen molar-refractivity contribution in [2.24, 2.45) is 0 Å². The second-order valence-corrected chi connectivity index (χ2v) is 4.83. The first-order valence-corrected chi connectivity index (χ1v) is 6.99.